The van der Waals surface area contributed by atoms with E-state index in [0.717, 1.165) is 44.1 Å². The van der Waals surface area contributed by atoms with Crippen molar-refractivity contribution in [3.8, 4) is 0 Å². The lowest BCUT2D eigenvalue weighted by atomic mass is 10.2. The summed E-state index contributed by atoms with van der Waals surface area (Å²) < 4.78 is 3.32. The Hall–Kier alpha value is -2.42. The summed E-state index contributed by atoms with van der Waals surface area (Å²) in [6, 6.07) is 7.54. The number of hydrogen-bond acceptors (Lipinski definition) is 5. The zero-order chi connectivity index (χ0) is 20.5. The van der Waals surface area contributed by atoms with Gasteiger partial charge in [0.15, 0.2) is 11.2 Å². The zero-order valence-electron chi connectivity index (χ0n) is 16.7. The molecule has 9 heteroatoms. The van der Waals surface area contributed by atoms with Gasteiger partial charge in [0.2, 0.25) is 0 Å². The third kappa shape index (κ3) is 4.01. The summed E-state index contributed by atoms with van der Waals surface area (Å²) >= 11 is 6.01. The Balaban J connectivity index is 1.75. The van der Waals surface area contributed by atoms with Crippen LogP contribution in [0, 0.1) is 0 Å². The summed E-state index contributed by atoms with van der Waals surface area (Å²) in [6.07, 6.45) is 0. The lowest BCUT2D eigenvalue weighted by Crippen LogP contribution is -2.45. The molecule has 1 saturated heterocycles. The third-order valence-corrected chi connectivity index (χ3v) is 5.87. The quantitative estimate of drug-likeness (QED) is 0.677. The molecule has 0 saturated carbocycles. The molecule has 0 radical (unpaired) electrons. The number of piperazine rings is 1. The molecule has 3 heterocycles. The molecule has 1 fully saturated rings. The van der Waals surface area contributed by atoms with E-state index >= 15 is 0 Å². The number of aromatic amines is 1. The van der Waals surface area contributed by atoms with Crippen molar-refractivity contribution in [2.45, 2.75) is 20.0 Å². The molecule has 3 aromatic rings. The zero-order valence-corrected chi connectivity index (χ0v) is 17.4. The topological polar surface area (TPSA) is 79.2 Å². The van der Waals surface area contributed by atoms with Gasteiger partial charge in [0.05, 0.1) is 6.54 Å². The molecule has 1 aliphatic heterocycles. The molecule has 0 bridgehead atoms. The number of hydrogen-bond donors (Lipinski definition) is 1. The number of halogens is 1. The van der Waals surface area contributed by atoms with Crippen LogP contribution in [0.25, 0.3) is 11.2 Å². The molecule has 8 nitrogen and oxygen atoms in total. The maximum Gasteiger partial charge on any atom is 0.329 e. The van der Waals surface area contributed by atoms with E-state index in [2.05, 4.69) is 21.7 Å². The van der Waals surface area contributed by atoms with Crippen LogP contribution in [0.3, 0.4) is 0 Å². The Morgan fingerprint density at radius 2 is 1.69 bits per heavy atom. The highest BCUT2D eigenvalue weighted by Gasteiger charge is 2.22. The number of nitrogens with zero attached hydrogens (tertiary/aromatic N) is 5. The van der Waals surface area contributed by atoms with E-state index in [1.54, 1.807) is 7.05 Å². The van der Waals surface area contributed by atoms with E-state index in [-0.39, 0.29) is 0 Å². The lowest BCUT2D eigenvalue weighted by Gasteiger charge is -2.33. The number of imidazole rings is 1. The normalized spacial score (nSPS) is 16.0. The van der Waals surface area contributed by atoms with Crippen LogP contribution in [0.5, 0.6) is 0 Å². The van der Waals surface area contributed by atoms with Crippen LogP contribution in [0.1, 0.15) is 18.3 Å². The second-order valence-corrected chi connectivity index (χ2v) is 7.88. The van der Waals surface area contributed by atoms with Crippen LogP contribution in [0.2, 0.25) is 5.02 Å². The molecule has 0 amide bonds. The Morgan fingerprint density at radius 3 is 2.34 bits per heavy atom. The standard InChI is InChI=1S/C20H25ClN6O2/c1-3-25-8-10-26(11-9-25)13-16-22-18-17(19(28)23-20(29)24(18)2)27(16)12-14-4-6-15(21)7-5-14/h4-7H,3,8-13H2,1-2H3,(H,23,28,29). The van der Waals surface area contributed by atoms with Crippen molar-refractivity contribution in [2.24, 2.45) is 7.05 Å². The van der Waals surface area contributed by atoms with Crippen molar-refractivity contribution in [1.29, 1.82) is 0 Å². The van der Waals surface area contributed by atoms with Crippen molar-refractivity contribution in [3.63, 3.8) is 0 Å². The summed E-state index contributed by atoms with van der Waals surface area (Å²) in [7, 11) is 1.63. The number of likely N-dealkylation sites (N-methyl/N-ethyl adjacent to an activating group) is 1. The van der Waals surface area contributed by atoms with E-state index in [9.17, 15) is 9.59 Å². The average Bonchev–Trinajstić information content (AvgIpc) is 3.07. The van der Waals surface area contributed by atoms with Gasteiger partial charge < -0.3 is 9.47 Å². The van der Waals surface area contributed by atoms with E-state index in [1.807, 2.05) is 28.8 Å². The summed E-state index contributed by atoms with van der Waals surface area (Å²) in [5.41, 5.74) is 0.978. The van der Waals surface area contributed by atoms with Crippen molar-refractivity contribution < 1.29 is 0 Å². The van der Waals surface area contributed by atoms with Crippen LogP contribution in [0.4, 0.5) is 0 Å². The first kappa shape index (κ1) is 19.9. The predicted molar refractivity (Wildman–Crippen MR) is 114 cm³/mol. The Kier molecular flexibility index (Phi) is 5.58. The van der Waals surface area contributed by atoms with Crippen LogP contribution in [0.15, 0.2) is 33.9 Å². The van der Waals surface area contributed by atoms with Gasteiger partial charge in [0.25, 0.3) is 5.56 Å². The predicted octanol–water partition coefficient (Wildman–Crippen LogP) is 1.26. The molecular weight excluding hydrogens is 392 g/mol. The van der Waals surface area contributed by atoms with Gasteiger partial charge in [-0.25, -0.2) is 9.78 Å². The molecule has 0 aliphatic carbocycles. The van der Waals surface area contributed by atoms with Gasteiger partial charge in [-0.2, -0.15) is 0 Å². The maximum absolute atomic E-state index is 12.6. The largest absolute Gasteiger partial charge is 0.329 e. The number of H-pyrrole nitrogens is 1. The molecule has 2 aromatic heterocycles. The number of rotatable bonds is 5. The van der Waals surface area contributed by atoms with Gasteiger partial charge in [-0.1, -0.05) is 30.7 Å². The fourth-order valence-corrected chi connectivity index (χ4v) is 3.93. The molecule has 0 unspecified atom stereocenters. The van der Waals surface area contributed by atoms with Crippen LogP contribution in [-0.2, 0) is 20.1 Å². The fraction of sp³-hybridized carbons (Fsp3) is 0.450. The van der Waals surface area contributed by atoms with Crippen molar-refractivity contribution in [3.05, 3.63) is 61.5 Å². The van der Waals surface area contributed by atoms with Gasteiger partial charge in [0.1, 0.15) is 5.82 Å². The fourth-order valence-electron chi connectivity index (χ4n) is 3.81. The van der Waals surface area contributed by atoms with Gasteiger partial charge in [-0.3, -0.25) is 19.2 Å². The second kappa shape index (κ2) is 8.14. The average molecular weight is 417 g/mol. The molecule has 1 aromatic carbocycles. The molecule has 4 rings (SSSR count). The minimum Gasteiger partial charge on any atom is -0.317 e. The van der Waals surface area contributed by atoms with E-state index in [4.69, 9.17) is 16.6 Å². The van der Waals surface area contributed by atoms with Gasteiger partial charge in [-0.15, -0.1) is 0 Å². The third-order valence-electron chi connectivity index (χ3n) is 5.62. The SMILES string of the molecule is CCN1CCN(Cc2nc3c(c(=O)[nH]c(=O)n3C)n2Cc2ccc(Cl)cc2)CC1. The Labute approximate surface area is 173 Å². The molecule has 0 atom stereocenters. The van der Waals surface area contributed by atoms with Crippen LogP contribution >= 0.6 is 11.6 Å². The summed E-state index contributed by atoms with van der Waals surface area (Å²) in [4.78, 5) is 36.6. The number of aromatic nitrogens is 4. The summed E-state index contributed by atoms with van der Waals surface area (Å²) in [6.45, 7) is 8.29. The van der Waals surface area contributed by atoms with Crippen molar-refractivity contribution >= 4 is 22.8 Å². The van der Waals surface area contributed by atoms with Gasteiger partial charge in [0, 0.05) is 44.8 Å². The number of fused-ring (bicyclic) bond motifs is 1. The van der Waals surface area contributed by atoms with Crippen molar-refractivity contribution in [2.75, 3.05) is 32.7 Å². The molecule has 1 N–H and O–H groups in total. The molecule has 1 aliphatic rings. The van der Waals surface area contributed by atoms with Crippen LogP contribution < -0.4 is 11.2 Å². The summed E-state index contributed by atoms with van der Waals surface area (Å²) in [5, 5.41) is 0.665. The maximum atomic E-state index is 12.6. The Bertz CT molecular complexity index is 1120. The van der Waals surface area contributed by atoms with Gasteiger partial charge >= 0.3 is 5.69 Å². The van der Waals surface area contributed by atoms with E-state index in [0.29, 0.717) is 29.3 Å². The minimum atomic E-state index is -0.457. The molecular formula is C20H25ClN6O2. The monoisotopic (exact) mass is 416 g/mol. The Morgan fingerprint density at radius 1 is 1.03 bits per heavy atom. The highest BCUT2D eigenvalue weighted by molar-refractivity contribution is 6.30. The molecule has 154 valence electrons. The van der Waals surface area contributed by atoms with Crippen LogP contribution in [-0.4, -0.2) is 61.6 Å². The number of aryl methyl sites for hydroxylation is 1. The minimum absolute atomic E-state index is 0.411. The van der Waals surface area contributed by atoms with Gasteiger partial charge in [-0.05, 0) is 24.2 Å². The first-order valence-corrected chi connectivity index (χ1v) is 10.2. The highest BCUT2D eigenvalue weighted by atomic mass is 35.5. The summed E-state index contributed by atoms with van der Waals surface area (Å²) in [5.74, 6) is 0.784. The second-order valence-electron chi connectivity index (χ2n) is 7.44. The smallest absolute Gasteiger partial charge is 0.317 e. The highest BCUT2D eigenvalue weighted by Crippen LogP contribution is 2.18. The van der Waals surface area contributed by atoms with Crippen molar-refractivity contribution in [1.82, 2.24) is 28.9 Å². The number of benzene rings is 1. The molecule has 0 spiro atoms. The number of nitrogens with one attached hydrogen (secondary N) is 1. The first-order valence-electron chi connectivity index (χ1n) is 9.84. The van der Waals surface area contributed by atoms with E-state index in [1.165, 1.54) is 4.57 Å². The molecule has 29 heavy (non-hydrogen) atoms. The lowest BCUT2D eigenvalue weighted by molar-refractivity contribution is 0.129. The van der Waals surface area contributed by atoms with E-state index < -0.39 is 11.2 Å². The first-order chi connectivity index (χ1) is 14.0.